The highest BCUT2D eigenvalue weighted by molar-refractivity contribution is 5.90. The molecule has 5 heteroatoms. The van der Waals surface area contributed by atoms with E-state index in [2.05, 4.69) is 9.97 Å². The van der Waals surface area contributed by atoms with Crippen molar-refractivity contribution >= 4 is 5.97 Å². The highest BCUT2D eigenvalue weighted by atomic mass is 16.5. The molecule has 90 valence electrons. The summed E-state index contributed by atoms with van der Waals surface area (Å²) in [6.07, 6.45) is 3.12. The van der Waals surface area contributed by atoms with E-state index >= 15 is 0 Å². The highest BCUT2D eigenvalue weighted by Crippen LogP contribution is 2.35. The average Bonchev–Trinajstić information content (AvgIpc) is 2.45. The Labute approximate surface area is 103 Å². The minimum atomic E-state index is -0.355. The average molecular weight is 242 g/mol. The number of methoxy groups -OCH3 is 1. The van der Waals surface area contributed by atoms with Gasteiger partial charge in [-0.2, -0.15) is 0 Å². The van der Waals surface area contributed by atoms with Crippen molar-refractivity contribution in [3.05, 3.63) is 41.9 Å². The lowest BCUT2D eigenvalue weighted by molar-refractivity contribution is 0.0600. The number of nitrogens with zero attached hydrogens (tertiary/aromatic N) is 2. The summed E-state index contributed by atoms with van der Waals surface area (Å²) >= 11 is 0. The molecule has 0 spiro atoms. The Morgan fingerprint density at radius 2 is 2.33 bits per heavy atom. The second-order valence-corrected chi connectivity index (χ2v) is 3.89. The van der Waals surface area contributed by atoms with Gasteiger partial charge in [-0.3, -0.25) is 0 Å². The van der Waals surface area contributed by atoms with Crippen LogP contribution in [-0.2, 0) is 11.3 Å². The number of esters is 1. The SMILES string of the molecule is COC(=O)c1ccc2c(c1)COc1cncnc1-2. The van der Waals surface area contributed by atoms with Crippen LogP contribution in [0.2, 0.25) is 0 Å². The fourth-order valence-corrected chi connectivity index (χ4v) is 1.97. The van der Waals surface area contributed by atoms with Gasteiger partial charge in [0.05, 0.1) is 18.9 Å². The van der Waals surface area contributed by atoms with Gasteiger partial charge in [-0.15, -0.1) is 0 Å². The van der Waals surface area contributed by atoms with Gasteiger partial charge >= 0.3 is 5.97 Å². The largest absolute Gasteiger partial charge is 0.485 e. The molecule has 2 heterocycles. The lowest BCUT2D eigenvalue weighted by Crippen LogP contribution is -2.09. The van der Waals surface area contributed by atoms with E-state index in [1.807, 2.05) is 6.07 Å². The Bertz CT molecular complexity index is 625. The number of hydrogen-bond donors (Lipinski definition) is 0. The molecule has 0 fully saturated rings. The summed E-state index contributed by atoms with van der Waals surface area (Å²) in [6, 6.07) is 5.35. The lowest BCUT2D eigenvalue weighted by atomic mass is 9.99. The number of hydrogen-bond acceptors (Lipinski definition) is 5. The molecule has 18 heavy (non-hydrogen) atoms. The molecular weight excluding hydrogens is 232 g/mol. The topological polar surface area (TPSA) is 61.3 Å². The molecule has 1 aromatic heterocycles. The zero-order valence-corrected chi connectivity index (χ0v) is 9.71. The van der Waals surface area contributed by atoms with Crippen molar-refractivity contribution in [2.24, 2.45) is 0 Å². The normalized spacial score (nSPS) is 12.1. The summed E-state index contributed by atoms with van der Waals surface area (Å²) in [5.41, 5.74) is 3.15. The third-order valence-corrected chi connectivity index (χ3v) is 2.84. The number of carbonyl (C=O) groups excluding carboxylic acids is 1. The molecule has 0 amide bonds. The zero-order valence-electron chi connectivity index (χ0n) is 9.71. The van der Waals surface area contributed by atoms with Gasteiger partial charge in [-0.25, -0.2) is 14.8 Å². The first-order chi connectivity index (χ1) is 8.79. The summed E-state index contributed by atoms with van der Waals surface area (Å²) in [4.78, 5) is 19.6. The Balaban J connectivity index is 2.11. The van der Waals surface area contributed by atoms with Crippen LogP contribution in [0.5, 0.6) is 5.75 Å². The molecule has 0 aliphatic carbocycles. The zero-order chi connectivity index (χ0) is 12.5. The Kier molecular flexibility index (Phi) is 2.44. The second kappa shape index (κ2) is 4.10. The van der Waals surface area contributed by atoms with Crippen molar-refractivity contribution in [1.82, 2.24) is 9.97 Å². The molecule has 0 unspecified atom stereocenters. The third kappa shape index (κ3) is 1.60. The number of fused-ring (bicyclic) bond motifs is 3. The first-order valence-electron chi connectivity index (χ1n) is 5.44. The Morgan fingerprint density at radius 1 is 1.44 bits per heavy atom. The minimum Gasteiger partial charge on any atom is -0.485 e. The molecule has 5 nitrogen and oxygen atoms in total. The molecule has 1 aromatic carbocycles. The molecule has 0 N–H and O–H groups in total. The van der Waals surface area contributed by atoms with E-state index in [-0.39, 0.29) is 5.97 Å². The van der Waals surface area contributed by atoms with E-state index in [1.54, 1.807) is 18.3 Å². The van der Waals surface area contributed by atoms with Crippen LogP contribution < -0.4 is 4.74 Å². The van der Waals surface area contributed by atoms with E-state index in [1.165, 1.54) is 13.4 Å². The fourth-order valence-electron chi connectivity index (χ4n) is 1.97. The van der Waals surface area contributed by atoms with Crippen LogP contribution in [0.4, 0.5) is 0 Å². The van der Waals surface area contributed by atoms with Crippen LogP contribution in [0.25, 0.3) is 11.3 Å². The summed E-state index contributed by atoms with van der Waals surface area (Å²) in [5, 5.41) is 0. The molecule has 1 aliphatic heterocycles. The standard InChI is InChI=1S/C13H10N2O3/c1-17-13(16)8-2-3-10-9(4-8)6-18-11-5-14-7-15-12(10)11/h2-5,7H,6H2,1H3. The first kappa shape index (κ1) is 10.7. The van der Waals surface area contributed by atoms with E-state index in [0.717, 1.165) is 16.8 Å². The predicted molar refractivity (Wildman–Crippen MR) is 63.1 cm³/mol. The lowest BCUT2D eigenvalue weighted by Gasteiger charge is -2.19. The number of carbonyl (C=O) groups is 1. The number of benzene rings is 1. The number of aromatic nitrogens is 2. The van der Waals surface area contributed by atoms with Gasteiger partial charge in [0.25, 0.3) is 0 Å². The van der Waals surface area contributed by atoms with Gasteiger partial charge in [0.2, 0.25) is 0 Å². The van der Waals surface area contributed by atoms with Gasteiger partial charge in [0, 0.05) is 5.56 Å². The van der Waals surface area contributed by atoms with Crippen molar-refractivity contribution in [1.29, 1.82) is 0 Å². The molecule has 3 rings (SSSR count). The van der Waals surface area contributed by atoms with Gasteiger partial charge in [0.1, 0.15) is 18.6 Å². The molecule has 0 radical (unpaired) electrons. The minimum absolute atomic E-state index is 0.355. The van der Waals surface area contributed by atoms with Gasteiger partial charge in [-0.05, 0) is 17.7 Å². The van der Waals surface area contributed by atoms with Crippen molar-refractivity contribution in [3.63, 3.8) is 0 Å². The summed E-state index contributed by atoms with van der Waals surface area (Å²) < 4.78 is 10.2. The molecule has 0 atom stereocenters. The van der Waals surface area contributed by atoms with Crippen LogP contribution in [0.1, 0.15) is 15.9 Å². The van der Waals surface area contributed by atoms with E-state index in [0.29, 0.717) is 17.9 Å². The van der Waals surface area contributed by atoms with Crippen molar-refractivity contribution in [2.45, 2.75) is 6.61 Å². The van der Waals surface area contributed by atoms with Crippen LogP contribution in [0.15, 0.2) is 30.7 Å². The molecule has 2 aromatic rings. The molecular formula is C13H10N2O3. The Hall–Kier alpha value is -2.43. The molecule has 1 aliphatic rings. The van der Waals surface area contributed by atoms with Crippen molar-refractivity contribution in [3.8, 4) is 17.0 Å². The maximum Gasteiger partial charge on any atom is 0.337 e. The third-order valence-electron chi connectivity index (χ3n) is 2.84. The van der Waals surface area contributed by atoms with Crippen molar-refractivity contribution in [2.75, 3.05) is 7.11 Å². The number of ether oxygens (including phenoxy) is 2. The maximum atomic E-state index is 11.5. The summed E-state index contributed by atoms with van der Waals surface area (Å²) in [6.45, 7) is 0.403. The molecule has 0 saturated heterocycles. The van der Waals surface area contributed by atoms with E-state index in [9.17, 15) is 4.79 Å². The Morgan fingerprint density at radius 3 is 3.17 bits per heavy atom. The van der Waals surface area contributed by atoms with Crippen LogP contribution in [0, 0.1) is 0 Å². The van der Waals surface area contributed by atoms with Crippen molar-refractivity contribution < 1.29 is 14.3 Å². The summed E-state index contributed by atoms with van der Waals surface area (Å²) in [5.74, 6) is 0.308. The highest BCUT2D eigenvalue weighted by Gasteiger charge is 2.20. The number of rotatable bonds is 1. The van der Waals surface area contributed by atoms with Gasteiger partial charge < -0.3 is 9.47 Å². The van der Waals surface area contributed by atoms with Gasteiger partial charge in [-0.1, -0.05) is 6.07 Å². The van der Waals surface area contributed by atoms with Crippen LogP contribution in [0.3, 0.4) is 0 Å². The predicted octanol–water partition coefficient (Wildman–Crippen LogP) is 1.82. The van der Waals surface area contributed by atoms with Crippen LogP contribution >= 0.6 is 0 Å². The van der Waals surface area contributed by atoms with E-state index in [4.69, 9.17) is 9.47 Å². The quantitative estimate of drug-likeness (QED) is 0.714. The van der Waals surface area contributed by atoms with E-state index < -0.39 is 0 Å². The van der Waals surface area contributed by atoms with Crippen LogP contribution in [-0.4, -0.2) is 23.0 Å². The summed E-state index contributed by atoms with van der Waals surface area (Å²) in [7, 11) is 1.36. The maximum absolute atomic E-state index is 11.5. The molecule has 0 bridgehead atoms. The second-order valence-electron chi connectivity index (χ2n) is 3.89. The van der Waals surface area contributed by atoms with Gasteiger partial charge in [0.15, 0.2) is 5.75 Å². The monoisotopic (exact) mass is 242 g/mol. The fraction of sp³-hybridized carbons (Fsp3) is 0.154. The smallest absolute Gasteiger partial charge is 0.337 e. The first-order valence-corrected chi connectivity index (χ1v) is 5.44. The molecule has 0 saturated carbocycles.